The van der Waals surface area contributed by atoms with E-state index in [1.807, 2.05) is 24.5 Å². The Kier molecular flexibility index (Phi) is 4.31. The highest BCUT2D eigenvalue weighted by Crippen LogP contribution is 2.25. The quantitative estimate of drug-likeness (QED) is 0.487. The van der Waals surface area contributed by atoms with Gasteiger partial charge in [0.15, 0.2) is 0 Å². The topological polar surface area (TPSA) is 50.9 Å². The van der Waals surface area contributed by atoms with Crippen LogP contribution in [0.3, 0.4) is 0 Å². The van der Waals surface area contributed by atoms with Crippen molar-refractivity contribution in [2.24, 2.45) is 5.84 Å². The lowest BCUT2D eigenvalue weighted by molar-refractivity contribution is 0.513. The van der Waals surface area contributed by atoms with E-state index in [-0.39, 0.29) is 6.04 Å². The summed E-state index contributed by atoms with van der Waals surface area (Å²) in [5, 5.41) is 2.33. The third kappa shape index (κ3) is 2.75. The van der Waals surface area contributed by atoms with Gasteiger partial charge in [-0.05, 0) is 23.8 Å². The molecule has 3 nitrogen and oxygen atoms in total. The number of halogens is 1. The maximum atomic E-state index is 5.72. The fourth-order valence-corrected chi connectivity index (χ4v) is 2.18. The zero-order chi connectivity index (χ0) is 12.1. The summed E-state index contributed by atoms with van der Waals surface area (Å²) in [5.74, 6) is 6.26. The molecule has 0 aliphatic heterocycles. The fraction of sp³-hybridized carbons (Fsp3) is 0.308. The minimum Gasteiger partial charge on any atom is -0.271 e. The molecule has 0 fully saturated rings. The molecule has 1 aromatic heterocycles. The molecule has 17 heavy (non-hydrogen) atoms. The summed E-state index contributed by atoms with van der Waals surface area (Å²) in [7, 11) is 0. The number of nitrogens with one attached hydrogen (secondary N) is 1. The van der Waals surface area contributed by atoms with Crippen LogP contribution in [-0.2, 0) is 0 Å². The lowest BCUT2D eigenvalue weighted by Crippen LogP contribution is -2.28. The van der Waals surface area contributed by atoms with Crippen LogP contribution >= 0.6 is 11.6 Å². The number of pyridine rings is 1. The van der Waals surface area contributed by atoms with Gasteiger partial charge in [0.1, 0.15) is 0 Å². The molecule has 90 valence electrons. The van der Waals surface area contributed by atoms with E-state index in [1.165, 1.54) is 5.39 Å². The zero-order valence-corrected chi connectivity index (χ0v) is 10.3. The highest BCUT2D eigenvalue weighted by molar-refractivity contribution is 6.17. The molecule has 3 N–H and O–H groups in total. The minimum absolute atomic E-state index is 0.104. The Balaban J connectivity index is 2.38. The summed E-state index contributed by atoms with van der Waals surface area (Å²) in [5.41, 5.74) is 3.98. The van der Waals surface area contributed by atoms with Gasteiger partial charge >= 0.3 is 0 Å². The first-order valence-electron chi connectivity index (χ1n) is 5.71. The summed E-state index contributed by atoms with van der Waals surface area (Å²) in [6, 6.07) is 8.30. The van der Waals surface area contributed by atoms with Crippen molar-refractivity contribution in [3.8, 4) is 0 Å². The SMILES string of the molecule is NNC(CCCCl)c1cncc2ccccc12. The van der Waals surface area contributed by atoms with Crippen LogP contribution in [0.2, 0.25) is 0 Å². The lowest BCUT2D eigenvalue weighted by Gasteiger charge is -2.17. The molecule has 0 spiro atoms. The van der Waals surface area contributed by atoms with Gasteiger partial charge < -0.3 is 0 Å². The summed E-state index contributed by atoms with van der Waals surface area (Å²) < 4.78 is 0. The van der Waals surface area contributed by atoms with Crippen LogP contribution in [0.4, 0.5) is 0 Å². The van der Waals surface area contributed by atoms with Gasteiger partial charge in [0.2, 0.25) is 0 Å². The second kappa shape index (κ2) is 5.96. The first kappa shape index (κ1) is 12.3. The van der Waals surface area contributed by atoms with Gasteiger partial charge in [0.05, 0.1) is 0 Å². The third-order valence-electron chi connectivity index (χ3n) is 2.90. The monoisotopic (exact) mass is 249 g/mol. The number of hydrazine groups is 1. The van der Waals surface area contributed by atoms with Crippen molar-refractivity contribution in [1.82, 2.24) is 10.4 Å². The van der Waals surface area contributed by atoms with E-state index in [4.69, 9.17) is 17.4 Å². The summed E-state index contributed by atoms with van der Waals surface area (Å²) in [4.78, 5) is 4.26. The van der Waals surface area contributed by atoms with E-state index >= 15 is 0 Å². The summed E-state index contributed by atoms with van der Waals surface area (Å²) in [6.45, 7) is 0. The van der Waals surface area contributed by atoms with Crippen molar-refractivity contribution >= 4 is 22.4 Å². The number of rotatable bonds is 5. The van der Waals surface area contributed by atoms with Crippen molar-refractivity contribution in [2.45, 2.75) is 18.9 Å². The Morgan fingerprint density at radius 2 is 2.12 bits per heavy atom. The largest absolute Gasteiger partial charge is 0.271 e. The van der Waals surface area contributed by atoms with Crippen LogP contribution in [0.25, 0.3) is 10.8 Å². The molecule has 2 aromatic rings. The van der Waals surface area contributed by atoms with Crippen LogP contribution in [0, 0.1) is 0 Å². The average molecular weight is 250 g/mol. The third-order valence-corrected chi connectivity index (χ3v) is 3.17. The summed E-state index contributed by atoms with van der Waals surface area (Å²) >= 11 is 5.72. The highest BCUT2D eigenvalue weighted by atomic mass is 35.5. The smallest absolute Gasteiger partial charge is 0.0481 e. The molecular weight excluding hydrogens is 234 g/mol. The molecule has 4 heteroatoms. The molecule has 0 aliphatic rings. The minimum atomic E-state index is 0.104. The van der Waals surface area contributed by atoms with Gasteiger partial charge in [-0.1, -0.05) is 24.3 Å². The molecule has 0 aliphatic carbocycles. The first-order valence-corrected chi connectivity index (χ1v) is 6.25. The first-order chi connectivity index (χ1) is 8.36. The van der Waals surface area contributed by atoms with Crippen molar-refractivity contribution in [3.05, 3.63) is 42.2 Å². The van der Waals surface area contributed by atoms with Crippen LogP contribution in [0.5, 0.6) is 0 Å². The van der Waals surface area contributed by atoms with Gasteiger partial charge in [-0.2, -0.15) is 0 Å². The second-order valence-corrected chi connectivity index (χ2v) is 4.38. The van der Waals surface area contributed by atoms with Crippen LogP contribution in [0.15, 0.2) is 36.7 Å². The zero-order valence-electron chi connectivity index (χ0n) is 9.57. The van der Waals surface area contributed by atoms with Crippen molar-refractivity contribution in [1.29, 1.82) is 0 Å². The normalized spacial score (nSPS) is 12.8. The number of nitrogens with two attached hydrogens (primary N) is 1. The number of nitrogens with zero attached hydrogens (tertiary/aromatic N) is 1. The van der Waals surface area contributed by atoms with Crippen LogP contribution < -0.4 is 11.3 Å². The molecule has 0 amide bonds. The molecule has 1 unspecified atom stereocenters. The van der Waals surface area contributed by atoms with Gasteiger partial charge in [-0.25, -0.2) is 0 Å². The Morgan fingerprint density at radius 3 is 2.88 bits per heavy atom. The van der Waals surface area contributed by atoms with E-state index in [2.05, 4.69) is 22.5 Å². The van der Waals surface area contributed by atoms with Gasteiger partial charge in [-0.3, -0.25) is 16.3 Å². The Bertz CT molecular complexity index is 482. The lowest BCUT2D eigenvalue weighted by atomic mass is 9.99. The maximum absolute atomic E-state index is 5.72. The highest BCUT2D eigenvalue weighted by Gasteiger charge is 2.12. The van der Waals surface area contributed by atoms with E-state index in [0.29, 0.717) is 5.88 Å². The number of alkyl halides is 1. The van der Waals surface area contributed by atoms with E-state index in [9.17, 15) is 0 Å². The fourth-order valence-electron chi connectivity index (χ4n) is 2.03. The van der Waals surface area contributed by atoms with Gasteiger partial charge in [0.25, 0.3) is 0 Å². The molecular formula is C13H16ClN3. The van der Waals surface area contributed by atoms with Crippen LogP contribution in [0.1, 0.15) is 24.4 Å². The maximum Gasteiger partial charge on any atom is 0.0481 e. The molecule has 0 saturated carbocycles. The average Bonchev–Trinajstić information content (AvgIpc) is 2.40. The Hall–Kier alpha value is -1.16. The molecule has 0 bridgehead atoms. The van der Waals surface area contributed by atoms with Crippen molar-refractivity contribution in [2.75, 3.05) is 5.88 Å². The predicted molar refractivity (Wildman–Crippen MR) is 71.8 cm³/mol. The van der Waals surface area contributed by atoms with Crippen molar-refractivity contribution < 1.29 is 0 Å². The van der Waals surface area contributed by atoms with Gasteiger partial charge in [0, 0.05) is 29.7 Å². The molecule has 1 aromatic carbocycles. The molecule has 1 heterocycles. The Morgan fingerprint density at radius 1 is 1.29 bits per heavy atom. The number of benzene rings is 1. The summed E-state index contributed by atoms with van der Waals surface area (Å²) in [6.07, 6.45) is 5.59. The molecule has 1 atom stereocenters. The molecule has 0 saturated heterocycles. The standard InChI is InChI=1S/C13H16ClN3/c14-7-3-6-13(17-15)12-9-16-8-10-4-1-2-5-11(10)12/h1-2,4-5,8-9,13,17H,3,6-7,15H2. The Labute approximate surface area is 106 Å². The number of hydrogen-bond acceptors (Lipinski definition) is 3. The number of fused-ring (bicyclic) bond motifs is 1. The second-order valence-electron chi connectivity index (χ2n) is 4.00. The van der Waals surface area contributed by atoms with E-state index in [0.717, 1.165) is 23.8 Å². The van der Waals surface area contributed by atoms with Crippen LogP contribution in [-0.4, -0.2) is 10.9 Å². The molecule has 0 radical (unpaired) electrons. The predicted octanol–water partition coefficient (Wildman–Crippen LogP) is 2.76. The van der Waals surface area contributed by atoms with Gasteiger partial charge in [-0.15, -0.1) is 11.6 Å². The van der Waals surface area contributed by atoms with Crippen molar-refractivity contribution in [3.63, 3.8) is 0 Å². The van der Waals surface area contributed by atoms with E-state index < -0.39 is 0 Å². The number of aromatic nitrogens is 1. The van der Waals surface area contributed by atoms with E-state index in [1.54, 1.807) is 0 Å². The number of hydrogen-bond donors (Lipinski definition) is 2. The molecule has 2 rings (SSSR count).